The van der Waals surface area contributed by atoms with E-state index in [0.29, 0.717) is 44.2 Å². The number of fused-ring (bicyclic) bond motifs is 2. The molecule has 7 nitrogen and oxygen atoms in total. The molecule has 0 aliphatic carbocycles. The van der Waals surface area contributed by atoms with Crippen LogP contribution in [0.3, 0.4) is 0 Å². The van der Waals surface area contributed by atoms with E-state index in [1.165, 1.54) is 18.0 Å². The number of carbonyl (C=O) groups is 1. The number of carbonyl (C=O) groups excluding carboxylic acids is 1. The number of nitrogens with zero attached hydrogens (tertiary/aromatic N) is 3. The van der Waals surface area contributed by atoms with Crippen LogP contribution in [0.4, 0.5) is 19.0 Å². The molecular weight excluding hydrogens is 477 g/mol. The van der Waals surface area contributed by atoms with E-state index in [-0.39, 0.29) is 8.61 Å². The number of hydrogen-bond acceptors (Lipinski definition) is 6. The lowest BCUT2D eigenvalue weighted by Gasteiger charge is -2.20. The third-order valence-electron chi connectivity index (χ3n) is 4.77. The molecule has 12 heteroatoms. The Hall–Kier alpha value is -3.05. The van der Waals surface area contributed by atoms with Gasteiger partial charge in [0.05, 0.1) is 10.5 Å². The van der Waals surface area contributed by atoms with Crippen LogP contribution in [0, 0.1) is 0 Å². The van der Waals surface area contributed by atoms with Gasteiger partial charge >= 0.3 is 6.18 Å². The summed E-state index contributed by atoms with van der Waals surface area (Å²) >= 11 is 7.43. The van der Waals surface area contributed by atoms with Crippen molar-refractivity contribution in [2.45, 2.75) is 12.2 Å². The van der Waals surface area contributed by atoms with Crippen molar-refractivity contribution < 1.29 is 20.8 Å². The van der Waals surface area contributed by atoms with Gasteiger partial charge in [0.15, 0.2) is 5.82 Å². The second kappa shape index (κ2) is 9.44. The first-order valence-electron chi connectivity index (χ1n) is 9.75. The van der Waals surface area contributed by atoms with Crippen LogP contribution in [0.5, 0.6) is 0 Å². The molecule has 1 atom stereocenters. The molecule has 4 aromatic rings. The summed E-state index contributed by atoms with van der Waals surface area (Å²) in [5.41, 5.74) is 1.86. The van der Waals surface area contributed by atoms with Crippen molar-refractivity contribution in [2.75, 3.05) is 23.9 Å². The molecule has 3 N–H and O–H groups in total. The molecule has 3 aromatic heterocycles. The van der Waals surface area contributed by atoms with Crippen molar-refractivity contribution in [3.63, 3.8) is 0 Å². The van der Waals surface area contributed by atoms with Crippen molar-refractivity contribution in [1.29, 1.82) is 0 Å². The highest BCUT2D eigenvalue weighted by Gasteiger charge is 2.30. The maximum Gasteiger partial charge on any atom is 0.405 e. The number of anilines is 1. The normalized spacial score (nSPS) is 12.8. The Kier molecular flexibility index (Phi) is 6.61. The number of amides is 1. The van der Waals surface area contributed by atoms with Crippen LogP contribution in [0.2, 0.25) is 5.02 Å². The fourth-order valence-electron chi connectivity index (χ4n) is 3.30. The quantitative estimate of drug-likeness (QED) is 0.326. The number of halogens is 4. The SMILES string of the molecule is CSC[C@H](Nc1nc(-c2c[nH]c3ncc(Cl)cc23)nc2ccccc12)C(=O)NCC(F)(F)F.[HH].[HH]. The van der Waals surface area contributed by atoms with Gasteiger partial charge in [-0.3, -0.25) is 4.79 Å². The van der Waals surface area contributed by atoms with Crippen LogP contribution in [0.15, 0.2) is 42.7 Å². The molecule has 3 heterocycles. The maximum atomic E-state index is 12.6. The van der Waals surface area contributed by atoms with E-state index in [1.54, 1.807) is 36.7 Å². The molecule has 1 amide bonds. The minimum absolute atomic E-state index is 0. The second-order valence-corrected chi connectivity index (χ2v) is 8.50. The van der Waals surface area contributed by atoms with Gasteiger partial charge in [0.1, 0.15) is 24.1 Å². The highest BCUT2D eigenvalue weighted by Crippen LogP contribution is 2.31. The van der Waals surface area contributed by atoms with Gasteiger partial charge in [-0.05, 0) is 24.5 Å². The number of benzene rings is 1. The van der Waals surface area contributed by atoms with E-state index in [4.69, 9.17) is 11.6 Å². The second-order valence-electron chi connectivity index (χ2n) is 7.15. The van der Waals surface area contributed by atoms with Gasteiger partial charge in [0.2, 0.25) is 5.91 Å². The lowest BCUT2D eigenvalue weighted by molar-refractivity contribution is -0.138. The van der Waals surface area contributed by atoms with E-state index in [9.17, 15) is 18.0 Å². The highest BCUT2D eigenvalue weighted by atomic mass is 35.5. The summed E-state index contributed by atoms with van der Waals surface area (Å²) in [6.45, 7) is -1.41. The summed E-state index contributed by atoms with van der Waals surface area (Å²) in [7, 11) is 0. The fourth-order valence-corrected chi connectivity index (χ4v) is 4.02. The first kappa shape index (κ1) is 23.1. The zero-order chi connectivity index (χ0) is 23.6. The molecule has 33 heavy (non-hydrogen) atoms. The fraction of sp³-hybridized carbons (Fsp3) is 0.238. The third kappa shape index (κ3) is 5.31. The number of nitrogens with one attached hydrogen (secondary N) is 3. The summed E-state index contributed by atoms with van der Waals surface area (Å²) in [5, 5.41) is 6.75. The van der Waals surface area contributed by atoms with Gasteiger partial charge < -0.3 is 15.6 Å². The van der Waals surface area contributed by atoms with Crippen LogP contribution in [-0.2, 0) is 4.79 Å². The van der Waals surface area contributed by atoms with Gasteiger partial charge in [-0.15, -0.1) is 0 Å². The minimum atomic E-state index is -4.50. The monoisotopic (exact) mass is 498 g/mol. The molecule has 0 spiro atoms. The number of rotatable bonds is 7. The molecule has 0 bridgehead atoms. The van der Waals surface area contributed by atoms with E-state index < -0.39 is 24.7 Å². The average Bonchev–Trinajstić information content (AvgIpc) is 3.19. The Morgan fingerprint density at radius 2 is 2.06 bits per heavy atom. The van der Waals surface area contributed by atoms with Gasteiger partial charge in [-0.1, -0.05) is 23.7 Å². The van der Waals surface area contributed by atoms with Crippen LogP contribution < -0.4 is 10.6 Å². The van der Waals surface area contributed by atoms with Crippen molar-refractivity contribution in [3.05, 3.63) is 47.7 Å². The molecule has 0 aliphatic heterocycles. The van der Waals surface area contributed by atoms with E-state index >= 15 is 0 Å². The molecule has 0 saturated heterocycles. The minimum Gasteiger partial charge on any atom is -0.357 e. The first-order valence-corrected chi connectivity index (χ1v) is 11.5. The van der Waals surface area contributed by atoms with Crippen molar-refractivity contribution in [2.24, 2.45) is 0 Å². The van der Waals surface area contributed by atoms with Crippen LogP contribution in [0.25, 0.3) is 33.3 Å². The van der Waals surface area contributed by atoms with E-state index in [2.05, 4.69) is 25.3 Å². The van der Waals surface area contributed by atoms with Crippen molar-refractivity contribution in [3.8, 4) is 11.4 Å². The number of para-hydroxylation sites is 1. The van der Waals surface area contributed by atoms with Crippen molar-refractivity contribution in [1.82, 2.24) is 25.3 Å². The van der Waals surface area contributed by atoms with Gasteiger partial charge in [-0.2, -0.15) is 24.9 Å². The molecule has 0 fully saturated rings. The van der Waals surface area contributed by atoms with Crippen LogP contribution in [0.1, 0.15) is 2.85 Å². The summed E-state index contributed by atoms with van der Waals surface area (Å²) < 4.78 is 37.8. The van der Waals surface area contributed by atoms with Gasteiger partial charge in [-0.25, -0.2) is 15.0 Å². The average molecular weight is 499 g/mol. The summed E-state index contributed by atoms with van der Waals surface area (Å²) in [4.78, 5) is 29.0. The first-order chi connectivity index (χ1) is 15.7. The maximum absolute atomic E-state index is 12.6. The van der Waals surface area contributed by atoms with Gasteiger partial charge in [0, 0.05) is 37.3 Å². The van der Waals surface area contributed by atoms with E-state index in [1.807, 2.05) is 11.4 Å². The number of hydrogen-bond donors (Lipinski definition) is 3. The Balaban J connectivity index is 0.00000216. The molecule has 176 valence electrons. The Morgan fingerprint density at radius 1 is 1.27 bits per heavy atom. The van der Waals surface area contributed by atoms with Gasteiger partial charge in [0.25, 0.3) is 0 Å². The standard InChI is InChI=1S/C21H18ClF3N6OS.2H2/c1-33-9-16(20(32)28-10-21(23,24)25)30-18-12-4-2-3-5-15(12)29-19(31-18)14-8-27-17-13(14)6-11(22)7-26-17;;/h2-8,16H,9-10H2,1H3,(H,26,27)(H,28,32)(H,29,30,31);2*1H/t16-;;/m0../s1. The number of aromatic amines is 1. The summed E-state index contributed by atoms with van der Waals surface area (Å²) in [6, 6.07) is 7.97. The largest absolute Gasteiger partial charge is 0.405 e. The highest BCUT2D eigenvalue weighted by molar-refractivity contribution is 7.98. The van der Waals surface area contributed by atoms with E-state index in [0.717, 1.165) is 0 Å². The Labute approximate surface area is 198 Å². The predicted molar refractivity (Wildman–Crippen MR) is 129 cm³/mol. The molecule has 4 rings (SSSR count). The number of H-pyrrole nitrogens is 1. The van der Waals surface area contributed by atoms with Crippen LogP contribution >= 0.6 is 23.4 Å². The Bertz CT molecular complexity index is 1320. The summed E-state index contributed by atoms with van der Waals surface area (Å²) in [5.74, 6) is 0.157. The van der Waals surface area contributed by atoms with Crippen molar-refractivity contribution >= 4 is 57.0 Å². The number of alkyl halides is 3. The predicted octanol–water partition coefficient (Wildman–Crippen LogP) is 5.14. The smallest absolute Gasteiger partial charge is 0.357 e. The van der Waals surface area contributed by atoms with Crippen LogP contribution in [-0.4, -0.2) is 56.6 Å². The zero-order valence-electron chi connectivity index (χ0n) is 17.2. The molecule has 1 aromatic carbocycles. The number of aromatic nitrogens is 4. The molecule has 0 aliphatic rings. The third-order valence-corrected chi connectivity index (χ3v) is 5.64. The molecule has 0 radical (unpaired) electrons. The number of pyridine rings is 1. The Morgan fingerprint density at radius 3 is 2.82 bits per heavy atom. The lowest BCUT2D eigenvalue weighted by Crippen LogP contribution is -2.45. The summed E-state index contributed by atoms with van der Waals surface area (Å²) in [6.07, 6.45) is 0.485. The topological polar surface area (TPSA) is 95.6 Å². The molecular formula is C21H22ClF3N6OS. The zero-order valence-corrected chi connectivity index (χ0v) is 18.8. The molecule has 0 saturated carbocycles. The number of thioether (sulfide) groups is 1. The lowest BCUT2D eigenvalue weighted by atomic mass is 10.1. The molecule has 0 unspecified atom stereocenters.